The number of carbonyl (C=O) groups is 2. The summed E-state index contributed by atoms with van der Waals surface area (Å²) in [5, 5.41) is 6.93. The van der Waals surface area contributed by atoms with Crippen molar-refractivity contribution in [2.24, 2.45) is 0 Å². The van der Waals surface area contributed by atoms with Crippen LogP contribution in [0.1, 0.15) is 26.3 Å². The number of carbonyl (C=O) groups excluding carboxylic acids is 2. The maximum absolute atomic E-state index is 10.4. The van der Waals surface area contributed by atoms with E-state index in [2.05, 4.69) is 0 Å². The van der Waals surface area contributed by atoms with Gasteiger partial charge in [-0.3, -0.25) is 9.59 Å². The fraction of sp³-hybridized carbons (Fsp3) is 0. The van der Waals surface area contributed by atoms with E-state index in [0.717, 1.165) is 6.21 Å². The van der Waals surface area contributed by atoms with E-state index < -0.39 is 0 Å². The number of aldehydes is 2. The Morgan fingerprint density at radius 1 is 0.917 bits per heavy atom. The van der Waals surface area contributed by atoms with E-state index in [9.17, 15) is 9.59 Å². The highest BCUT2D eigenvalue weighted by molar-refractivity contribution is 5.88. The van der Waals surface area contributed by atoms with Gasteiger partial charge in [-0.25, -0.2) is 0 Å². The number of nitrogens with one attached hydrogen (secondary N) is 1. The first-order chi connectivity index (χ1) is 5.80. The summed E-state index contributed by atoms with van der Waals surface area (Å²) in [5.41, 5.74) is 1.39. The zero-order valence-electron chi connectivity index (χ0n) is 6.28. The van der Waals surface area contributed by atoms with Crippen LogP contribution in [-0.2, 0) is 0 Å². The average molecular weight is 161 g/mol. The van der Waals surface area contributed by atoms with Crippen molar-refractivity contribution in [2.75, 3.05) is 0 Å². The lowest BCUT2D eigenvalue weighted by Crippen LogP contribution is -1.89. The number of hydrogen-bond acceptors (Lipinski definition) is 3. The highest BCUT2D eigenvalue weighted by Gasteiger charge is 1.96. The minimum absolute atomic E-state index is 0.415. The predicted octanol–water partition coefficient (Wildman–Crippen LogP) is 1.31. The van der Waals surface area contributed by atoms with Crippen molar-refractivity contribution in [1.82, 2.24) is 0 Å². The Bertz CT molecular complexity index is 267. The van der Waals surface area contributed by atoms with Crippen molar-refractivity contribution >= 4 is 18.8 Å². The second-order valence-corrected chi connectivity index (χ2v) is 2.31. The molecule has 1 aromatic carbocycles. The monoisotopic (exact) mass is 161 g/mol. The first kappa shape index (κ1) is 8.33. The van der Waals surface area contributed by atoms with Crippen LogP contribution in [0.15, 0.2) is 18.2 Å². The minimum Gasteiger partial charge on any atom is -0.308 e. The quantitative estimate of drug-likeness (QED) is 0.536. The Labute approximate surface area is 69.5 Å². The first-order valence-corrected chi connectivity index (χ1v) is 3.36. The van der Waals surface area contributed by atoms with Gasteiger partial charge in [0.15, 0.2) is 0 Å². The molecule has 1 rings (SSSR count). The van der Waals surface area contributed by atoms with E-state index >= 15 is 0 Å². The molecule has 0 spiro atoms. The summed E-state index contributed by atoms with van der Waals surface area (Å²) in [6.07, 6.45) is 2.40. The molecule has 3 heteroatoms. The molecule has 0 atom stereocenters. The van der Waals surface area contributed by atoms with Crippen molar-refractivity contribution in [1.29, 1.82) is 5.41 Å². The van der Waals surface area contributed by atoms with E-state index in [1.54, 1.807) is 12.1 Å². The maximum Gasteiger partial charge on any atom is 0.150 e. The molecule has 0 heterocycles. The van der Waals surface area contributed by atoms with Crippen LogP contribution in [0.2, 0.25) is 0 Å². The van der Waals surface area contributed by atoms with Gasteiger partial charge in [0.1, 0.15) is 12.6 Å². The summed E-state index contributed by atoms with van der Waals surface area (Å²) in [7, 11) is 0. The fourth-order valence-electron chi connectivity index (χ4n) is 0.922. The van der Waals surface area contributed by atoms with E-state index in [4.69, 9.17) is 5.41 Å². The number of hydrogen-bond donors (Lipinski definition) is 1. The molecule has 3 nitrogen and oxygen atoms in total. The topological polar surface area (TPSA) is 58.0 Å². The van der Waals surface area contributed by atoms with Crippen LogP contribution in [0, 0.1) is 5.41 Å². The average Bonchev–Trinajstić information content (AvgIpc) is 2.16. The lowest BCUT2D eigenvalue weighted by Gasteiger charge is -1.95. The third kappa shape index (κ3) is 1.63. The Hall–Kier alpha value is -1.77. The molecular weight excluding hydrogens is 154 g/mol. The van der Waals surface area contributed by atoms with Crippen molar-refractivity contribution < 1.29 is 9.59 Å². The van der Waals surface area contributed by atoms with Crippen molar-refractivity contribution in [2.45, 2.75) is 0 Å². The summed E-state index contributed by atoms with van der Waals surface area (Å²) < 4.78 is 0. The van der Waals surface area contributed by atoms with Gasteiger partial charge in [0, 0.05) is 17.3 Å². The standard InChI is InChI=1S/C9H7NO2/c10-4-7-1-8(5-11)3-9(2-7)6-12/h1-6,10H. The Morgan fingerprint density at radius 2 is 1.33 bits per heavy atom. The van der Waals surface area contributed by atoms with Crippen LogP contribution in [0.3, 0.4) is 0 Å². The van der Waals surface area contributed by atoms with Gasteiger partial charge in [-0.05, 0) is 23.8 Å². The van der Waals surface area contributed by atoms with Crippen molar-refractivity contribution in [3.05, 3.63) is 34.9 Å². The van der Waals surface area contributed by atoms with Gasteiger partial charge in [-0.2, -0.15) is 0 Å². The second kappa shape index (κ2) is 3.57. The molecule has 0 unspecified atom stereocenters. The molecule has 0 aliphatic heterocycles. The number of benzene rings is 1. The van der Waals surface area contributed by atoms with Gasteiger partial charge in [0.25, 0.3) is 0 Å². The van der Waals surface area contributed by atoms with Gasteiger partial charge in [-0.15, -0.1) is 0 Å². The fourth-order valence-corrected chi connectivity index (χ4v) is 0.922. The molecule has 1 N–H and O–H groups in total. The van der Waals surface area contributed by atoms with Gasteiger partial charge < -0.3 is 5.41 Å². The molecule has 12 heavy (non-hydrogen) atoms. The summed E-state index contributed by atoms with van der Waals surface area (Å²) >= 11 is 0. The molecule has 0 bridgehead atoms. The lowest BCUT2D eigenvalue weighted by atomic mass is 10.1. The van der Waals surface area contributed by atoms with Gasteiger partial charge in [0.05, 0.1) is 0 Å². The largest absolute Gasteiger partial charge is 0.308 e. The Morgan fingerprint density at radius 3 is 1.67 bits per heavy atom. The Balaban J connectivity index is 3.26. The van der Waals surface area contributed by atoms with E-state index in [-0.39, 0.29) is 0 Å². The second-order valence-electron chi connectivity index (χ2n) is 2.31. The SMILES string of the molecule is N=Cc1cc(C=O)cc(C=O)c1. The lowest BCUT2D eigenvalue weighted by molar-refractivity contribution is 0.112. The van der Waals surface area contributed by atoms with Crippen LogP contribution in [0.4, 0.5) is 0 Å². The molecule has 0 saturated carbocycles. The summed E-state index contributed by atoms with van der Waals surface area (Å²) in [6.45, 7) is 0. The summed E-state index contributed by atoms with van der Waals surface area (Å²) in [6, 6.07) is 4.58. The molecule has 0 aliphatic rings. The third-order valence-electron chi connectivity index (χ3n) is 1.44. The smallest absolute Gasteiger partial charge is 0.150 e. The molecule has 1 aromatic rings. The molecule has 60 valence electrons. The molecular formula is C9H7NO2. The van der Waals surface area contributed by atoms with Crippen LogP contribution in [0.25, 0.3) is 0 Å². The van der Waals surface area contributed by atoms with Crippen LogP contribution in [-0.4, -0.2) is 18.8 Å². The van der Waals surface area contributed by atoms with E-state index in [1.807, 2.05) is 0 Å². The summed E-state index contributed by atoms with van der Waals surface area (Å²) in [5.74, 6) is 0. The highest BCUT2D eigenvalue weighted by Crippen LogP contribution is 2.05. The minimum atomic E-state index is 0.415. The molecule has 0 saturated heterocycles. The Kier molecular flexibility index (Phi) is 2.48. The molecule has 0 aliphatic carbocycles. The number of rotatable bonds is 3. The van der Waals surface area contributed by atoms with Crippen molar-refractivity contribution in [3.8, 4) is 0 Å². The van der Waals surface area contributed by atoms with Crippen LogP contribution >= 0.6 is 0 Å². The van der Waals surface area contributed by atoms with Gasteiger partial charge >= 0.3 is 0 Å². The molecule has 0 radical (unpaired) electrons. The normalized spacial score (nSPS) is 9.00. The third-order valence-corrected chi connectivity index (χ3v) is 1.44. The highest BCUT2D eigenvalue weighted by atomic mass is 16.1. The molecule has 0 aromatic heterocycles. The zero-order chi connectivity index (χ0) is 8.97. The molecule has 0 fully saturated rings. The van der Waals surface area contributed by atoms with Gasteiger partial charge in [-0.1, -0.05) is 0 Å². The van der Waals surface area contributed by atoms with Crippen molar-refractivity contribution in [3.63, 3.8) is 0 Å². The predicted molar refractivity (Wildman–Crippen MR) is 45.1 cm³/mol. The van der Waals surface area contributed by atoms with Crippen LogP contribution < -0.4 is 0 Å². The van der Waals surface area contributed by atoms with Gasteiger partial charge in [0.2, 0.25) is 0 Å². The van der Waals surface area contributed by atoms with E-state index in [0.29, 0.717) is 29.3 Å². The maximum atomic E-state index is 10.4. The van der Waals surface area contributed by atoms with Crippen LogP contribution in [0.5, 0.6) is 0 Å². The first-order valence-electron chi connectivity index (χ1n) is 3.36. The zero-order valence-corrected chi connectivity index (χ0v) is 6.28. The van der Waals surface area contributed by atoms with E-state index in [1.165, 1.54) is 6.07 Å². The molecule has 0 amide bonds. The summed E-state index contributed by atoms with van der Waals surface area (Å²) in [4.78, 5) is 20.7.